The van der Waals surface area contributed by atoms with Crippen LogP contribution >= 0.6 is 0 Å². The number of hydrogen-bond acceptors (Lipinski definition) is 8. The molecule has 1 aromatic rings. The molecule has 0 saturated heterocycles. The molecule has 0 spiro atoms. The van der Waals surface area contributed by atoms with Crippen LogP contribution in [0.25, 0.3) is 0 Å². The third kappa shape index (κ3) is 10.1. The van der Waals surface area contributed by atoms with Crippen molar-refractivity contribution in [3.05, 3.63) is 48.1 Å². The number of methoxy groups -OCH3 is 1. The summed E-state index contributed by atoms with van der Waals surface area (Å²) in [4.78, 5) is 22.0. The summed E-state index contributed by atoms with van der Waals surface area (Å²) in [6, 6.07) is 2.45. The molecule has 0 aromatic heterocycles. The highest BCUT2D eigenvalue weighted by atomic mass is 16.5. The Balaban J connectivity index is 0.00000113. The molecular weight excluding hydrogens is 378 g/mol. The van der Waals surface area contributed by atoms with Gasteiger partial charge in [-0.05, 0) is 31.1 Å². The molecular formula is C21H29NO7. The molecule has 160 valence electrons. The van der Waals surface area contributed by atoms with Crippen LogP contribution in [0.15, 0.2) is 36.9 Å². The van der Waals surface area contributed by atoms with Crippen LogP contribution in [0.5, 0.6) is 11.5 Å². The average molecular weight is 407 g/mol. The van der Waals surface area contributed by atoms with Crippen molar-refractivity contribution in [3.8, 4) is 11.5 Å². The molecule has 0 radical (unpaired) electrons. The summed E-state index contributed by atoms with van der Waals surface area (Å²) in [7, 11) is 1.22. The second kappa shape index (κ2) is 14.0. The van der Waals surface area contributed by atoms with Gasteiger partial charge in [0.05, 0.1) is 7.11 Å². The van der Waals surface area contributed by atoms with Gasteiger partial charge in [-0.15, -0.1) is 6.58 Å². The van der Waals surface area contributed by atoms with Crippen molar-refractivity contribution in [3.63, 3.8) is 0 Å². The highest BCUT2D eigenvalue weighted by Gasteiger charge is 2.21. The second-order valence-corrected chi connectivity index (χ2v) is 5.99. The minimum Gasteiger partial charge on any atom is -0.508 e. The van der Waals surface area contributed by atoms with E-state index in [1.54, 1.807) is 19.1 Å². The van der Waals surface area contributed by atoms with Crippen LogP contribution in [0.4, 0.5) is 0 Å². The van der Waals surface area contributed by atoms with E-state index in [1.807, 2.05) is 13.0 Å². The maximum absolute atomic E-state index is 12.3. The molecule has 1 unspecified atom stereocenters. The molecule has 0 bridgehead atoms. The zero-order valence-corrected chi connectivity index (χ0v) is 17.0. The minimum absolute atomic E-state index is 0.0200. The number of phenols is 2. The number of aliphatic hydroxyl groups is 1. The van der Waals surface area contributed by atoms with Gasteiger partial charge in [0.15, 0.2) is 0 Å². The molecule has 0 saturated carbocycles. The number of ether oxygens (including phenoxy) is 2. The summed E-state index contributed by atoms with van der Waals surface area (Å²) in [5, 5.41) is 35.4. The number of esters is 2. The molecule has 0 fully saturated rings. The van der Waals surface area contributed by atoms with E-state index in [1.165, 1.54) is 13.2 Å². The first kappa shape index (κ1) is 25.9. The number of allylic oxidation sites excluding steroid dienone is 2. The molecule has 1 aromatic carbocycles. The summed E-state index contributed by atoms with van der Waals surface area (Å²) >= 11 is 0. The molecule has 8 heteroatoms. The van der Waals surface area contributed by atoms with Crippen molar-refractivity contribution < 1.29 is 34.4 Å². The van der Waals surface area contributed by atoms with E-state index in [2.05, 4.69) is 11.3 Å². The lowest BCUT2D eigenvalue weighted by Crippen LogP contribution is -2.17. The van der Waals surface area contributed by atoms with E-state index in [0.29, 0.717) is 12.0 Å². The van der Waals surface area contributed by atoms with Gasteiger partial charge in [-0.3, -0.25) is 0 Å². The standard InChI is InChI=1S/C18H23NO4.C3H6O3/c1-4-6-8-14(19)9-13-10-15(20)11-16(21)17(13)18(22)23-12(3)7-5-2;1-6-3(5)2-4/h5-6,8,10-12,19-21H,2,4,7,9H2,1,3H3;4H,2H2,1H3/b8-6+,19-14?;. The van der Waals surface area contributed by atoms with Gasteiger partial charge in [0.25, 0.3) is 0 Å². The zero-order valence-electron chi connectivity index (χ0n) is 17.0. The Morgan fingerprint density at radius 1 is 1.31 bits per heavy atom. The number of phenolic OH excluding ortho intramolecular Hbond substituents is 2. The summed E-state index contributed by atoms with van der Waals surface area (Å²) < 4.78 is 9.27. The molecule has 0 aliphatic rings. The van der Waals surface area contributed by atoms with E-state index in [4.69, 9.17) is 15.3 Å². The number of nitrogens with one attached hydrogen (secondary N) is 1. The number of rotatable bonds is 9. The van der Waals surface area contributed by atoms with E-state index in [9.17, 15) is 19.8 Å². The van der Waals surface area contributed by atoms with Crippen LogP contribution in [0.2, 0.25) is 0 Å². The molecule has 1 atom stereocenters. The first-order valence-corrected chi connectivity index (χ1v) is 8.98. The summed E-state index contributed by atoms with van der Waals surface area (Å²) in [5.41, 5.74) is 0.599. The second-order valence-electron chi connectivity index (χ2n) is 5.99. The van der Waals surface area contributed by atoms with Gasteiger partial charge in [-0.25, -0.2) is 9.59 Å². The van der Waals surface area contributed by atoms with E-state index in [0.717, 1.165) is 12.5 Å². The minimum atomic E-state index is -0.681. The summed E-state index contributed by atoms with van der Waals surface area (Å²) in [5.74, 6) is -1.81. The van der Waals surface area contributed by atoms with Crippen molar-refractivity contribution in [2.45, 2.75) is 39.2 Å². The van der Waals surface area contributed by atoms with Crippen molar-refractivity contribution in [2.75, 3.05) is 13.7 Å². The van der Waals surface area contributed by atoms with Gasteiger partial charge >= 0.3 is 11.9 Å². The maximum atomic E-state index is 12.3. The lowest BCUT2D eigenvalue weighted by atomic mass is 10.00. The first-order chi connectivity index (χ1) is 13.7. The van der Waals surface area contributed by atoms with Crippen LogP contribution in [0, 0.1) is 5.41 Å². The van der Waals surface area contributed by atoms with E-state index < -0.39 is 18.5 Å². The molecule has 4 N–H and O–H groups in total. The average Bonchev–Trinajstić information content (AvgIpc) is 2.65. The summed E-state index contributed by atoms with van der Waals surface area (Å²) in [6.07, 6.45) is 6.13. The number of hydrogen-bond donors (Lipinski definition) is 4. The number of carbonyl (C=O) groups excluding carboxylic acids is 2. The Morgan fingerprint density at radius 2 is 1.97 bits per heavy atom. The molecule has 0 aliphatic carbocycles. The Morgan fingerprint density at radius 3 is 2.45 bits per heavy atom. The van der Waals surface area contributed by atoms with Gasteiger partial charge in [0, 0.05) is 24.6 Å². The smallest absolute Gasteiger partial charge is 0.342 e. The van der Waals surface area contributed by atoms with Crippen molar-refractivity contribution in [1.29, 1.82) is 5.41 Å². The molecule has 0 aliphatic heterocycles. The Bertz CT molecular complexity index is 735. The fourth-order valence-electron chi connectivity index (χ4n) is 2.16. The fraction of sp³-hybridized carbons (Fsp3) is 0.381. The number of carbonyl (C=O) groups is 2. The predicted molar refractivity (Wildman–Crippen MR) is 109 cm³/mol. The first-order valence-electron chi connectivity index (χ1n) is 8.98. The Kier molecular flexibility index (Phi) is 12.4. The van der Waals surface area contributed by atoms with Crippen molar-refractivity contribution >= 4 is 17.7 Å². The van der Waals surface area contributed by atoms with Gasteiger partial charge in [0.2, 0.25) is 0 Å². The SMILES string of the molecule is C=CCC(C)OC(=O)c1c(O)cc(O)cc1CC(=N)/C=C/CC.COC(=O)CO. The lowest BCUT2D eigenvalue weighted by Gasteiger charge is -2.15. The quantitative estimate of drug-likeness (QED) is 0.280. The van der Waals surface area contributed by atoms with Gasteiger partial charge in [0.1, 0.15) is 29.8 Å². The lowest BCUT2D eigenvalue weighted by molar-refractivity contribution is -0.143. The number of benzene rings is 1. The number of aromatic hydroxyl groups is 2. The van der Waals surface area contributed by atoms with Crippen LogP contribution < -0.4 is 0 Å². The van der Waals surface area contributed by atoms with E-state index >= 15 is 0 Å². The Hall–Kier alpha value is -3.13. The topological polar surface area (TPSA) is 137 Å². The van der Waals surface area contributed by atoms with Gasteiger partial charge in [-0.1, -0.05) is 19.1 Å². The third-order valence-electron chi connectivity index (χ3n) is 3.49. The fourth-order valence-corrected chi connectivity index (χ4v) is 2.16. The normalized spacial score (nSPS) is 11.2. The number of aliphatic hydroxyl groups excluding tert-OH is 1. The predicted octanol–water partition coefficient (Wildman–Crippen LogP) is 2.90. The highest BCUT2D eigenvalue weighted by Crippen LogP contribution is 2.29. The van der Waals surface area contributed by atoms with Crippen LogP contribution in [0.1, 0.15) is 42.6 Å². The third-order valence-corrected chi connectivity index (χ3v) is 3.49. The molecule has 0 amide bonds. The molecule has 0 heterocycles. The zero-order chi connectivity index (χ0) is 22.4. The van der Waals surface area contributed by atoms with Gasteiger partial charge < -0.3 is 30.2 Å². The molecule has 8 nitrogen and oxygen atoms in total. The highest BCUT2D eigenvalue weighted by molar-refractivity contribution is 5.99. The largest absolute Gasteiger partial charge is 0.508 e. The van der Waals surface area contributed by atoms with Crippen molar-refractivity contribution in [2.24, 2.45) is 0 Å². The maximum Gasteiger partial charge on any atom is 0.342 e. The molecule has 29 heavy (non-hydrogen) atoms. The van der Waals surface area contributed by atoms with Gasteiger partial charge in [-0.2, -0.15) is 0 Å². The Labute approximate surface area is 170 Å². The van der Waals surface area contributed by atoms with Crippen LogP contribution in [-0.4, -0.2) is 52.8 Å². The van der Waals surface area contributed by atoms with Crippen molar-refractivity contribution in [1.82, 2.24) is 0 Å². The summed E-state index contributed by atoms with van der Waals surface area (Å²) in [6.45, 7) is 6.73. The van der Waals surface area contributed by atoms with E-state index in [-0.39, 0.29) is 35.3 Å². The monoisotopic (exact) mass is 407 g/mol. The van der Waals surface area contributed by atoms with Crippen LogP contribution in [0.3, 0.4) is 0 Å². The van der Waals surface area contributed by atoms with Crippen LogP contribution in [-0.2, 0) is 20.7 Å². The molecule has 1 rings (SSSR count).